The van der Waals surface area contributed by atoms with Crippen LogP contribution in [0.5, 0.6) is 0 Å². The Morgan fingerprint density at radius 3 is 2.46 bits per heavy atom. The quantitative estimate of drug-likeness (QED) is 0.612. The van der Waals surface area contributed by atoms with Crippen LogP contribution in [0.25, 0.3) is 6.08 Å². The molecular weight excluding hydrogens is 309 g/mol. The van der Waals surface area contributed by atoms with E-state index in [0.717, 1.165) is 0 Å². The maximum Gasteiger partial charge on any atom is 0.340 e. The smallest absolute Gasteiger partial charge is 0.340 e. The van der Waals surface area contributed by atoms with Crippen molar-refractivity contribution in [1.29, 1.82) is 0 Å². The summed E-state index contributed by atoms with van der Waals surface area (Å²) in [4.78, 5) is 26.7. The van der Waals surface area contributed by atoms with Crippen LogP contribution in [-0.4, -0.2) is 29.9 Å². The highest BCUT2D eigenvalue weighted by Gasteiger charge is 2.37. The molecule has 0 aliphatic carbocycles. The molecule has 0 fully saturated rings. The van der Waals surface area contributed by atoms with E-state index in [4.69, 9.17) is 4.74 Å². The van der Waals surface area contributed by atoms with Crippen LogP contribution in [0.4, 0.5) is 4.39 Å². The second-order valence-corrected chi connectivity index (χ2v) is 6.10. The largest absolute Gasteiger partial charge is 0.462 e. The fraction of sp³-hybridized carbons (Fsp3) is 0.368. The molecule has 0 unspecified atom stereocenters. The molecule has 0 N–H and O–H groups in total. The maximum atomic E-state index is 13.1. The van der Waals surface area contributed by atoms with Gasteiger partial charge < -0.3 is 9.64 Å². The number of allylic oxidation sites excluding steroid dienone is 1. The first-order valence-electron chi connectivity index (χ1n) is 8.02. The van der Waals surface area contributed by atoms with Gasteiger partial charge in [-0.25, -0.2) is 9.18 Å². The van der Waals surface area contributed by atoms with Crippen LogP contribution in [0.15, 0.2) is 41.1 Å². The van der Waals surface area contributed by atoms with Crippen LogP contribution in [0, 0.1) is 11.7 Å². The van der Waals surface area contributed by atoms with Crippen LogP contribution in [0.2, 0.25) is 0 Å². The SMILES string of the molecule is CCOC(=O)C1=C(C)N(CC(C)C)C(=O)/C1=C/c1ccc(F)cc1. The number of carbonyl (C=O) groups excluding carboxylic acids is 2. The molecule has 1 amide bonds. The minimum absolute atomic E-state index is 0.228. The van der Waals surface area contributed by atoms with Gasteiger partial charge in [0, 0.05) is 12.2 Å². The summed E-state index contributed by atoms with van der Waals surface area (Å²) < 4.78 is 18.2. The molecule has 0 bridgehead atoms. The lowest BCUT2D eigenvalue weighted by molar-refractivity contribution is -0.138. The van der Waals surface area contributed by atoms with Gasteiger partial charge in [0.25, 0.3) is 5.91 Å². The van der Waals surface area contributed by atoms with E-state index in [1.54, 1.807) is 37.0 Å². The third kappa shape index (κ3) is 3.72. The van der Waals surface area contributed by atoms with Crippen molar-refractivity contribution < 1.29 is 18.7 Å². The van der Waals surface area contributed by atoms with Crippen molar-refractivity contribution in [2.75, 3.05) is 13.2 Å². The van der Waals surface area contributed by atoms with Crippen LogP contribution >= 0.6 is 0 Å². The lowest BCUT2D eigenvalue weighted by atomic mass is 10.0. The van der Waals surface area contributed by atoms with Crippen LogP contribution < -0.4 is 0 Å². The number of benzene rings is 1. The van der Waals surface area contributed by atoms with E-state index in [1.807, 2.05) is 13.8 Å². The predicted molar refractivity (Wildman–Crippen MR) is 90.3 cm³/mol. The Hall–Kier alpha value is -2.43. The molecule has 1 aliphatic rings. The van der Waals surface area contributed by atoms with Crippen molar-refractivity contribution in [2.24, 2.45) is 5.92 Å². The lowest BCUT2D eigenvalue weighted by Gasteiger charge is -2.19. The fourth-order valence-corrected chi connectivity index (χ4v) is 2.64. The molecule has 1 aromatic rings. The number of rotatable bonds is 5. The Bertz CT molecular complexity index is 702. The molecule has 1 heterocycles. The standard InChI is InChI=1S/C19H22FNO3/c1-5-24-19(23)17-13(4)21(11-12(2)3)18(22)16(17)10-14-6-8-15(20)9-7-14/h6-10,12H,5,11H2,1-4H3/b16-10+. The number of amides is 1. The average Bonchev–Trinajstić information content (AvgIpc) is 2.74. The van der Waals surface area contributed by atoms with E-state index in [-0.39, 0.29) is 29.8 Å². The monoisotopic (exact) mass is 331 g/mol. The summed E-state index contributed by atoms with van der Waals surface area (Å²) in [5.41, 5.74) is 1.83. The molecule has 4 nitrogen and oxygen atoms in total. The molecule has 0 saturated heterocycles. The minimum Gasteiger partial charge on any atom is -0.462 e. The maximum absolute atomic E-state index is 13.1. The summed E-state index contributed by atoms with van der Waals surface area (Å²) in [5.74, 6) is -0.831. The molecule has 0 spiro atoms. The molecule has 1 aliphatic heterocycles. The third-order valence-electron chi connectivity index (χ3n) is 3.72. The summed E-state index contributed by atoms with van der Waals surface area (Å²) in [7, 11) is 0. The summed E-state index contributed by atoms with van der Waals surface area (Å²) in [6.07, 6.45) is 1.61. The summed E-state index contributed by atoms with van der Waals surface area (Å²) in [6, 6.07) is 5.77. The lowest BCUT2D eigenvalue weighted by Crippen LogP contribution is -2.28. The fourth-order valence-electron chi connectivity index (χ4n) is 2.64. The van der Waals surface area contributed by atoms with Gasteiger partial charge in [0.05, 0.1) is 17.8 Å². The molecule has 2 rings (SSSR count). The number of ether oxygens (including phenoxy) is 1. The highest BCUT2D eigenvalue weighted by atomic mass is 19.1. The van der Waals surface area contributed by atoms with Gasteiger partial charge in [0.1, 0.15) is 5.82 Å². The van der Waals surface area contributed by atoms with Crippen molar-refractivity contribution in [3.05, 3.63) is 52.5 Å². The number of esters is 1. The van der Waals surface area contributed by atoms with Crippen molar-refractivity contribution in [3.8, 4) is 0 Å². The van der Waals surface area contributed by atoms with Crippen molar-refractivity contribution in [2.45, 2.75) is 27.7 Å². The topological polar surface area (TPSA) is 46.6 Å². The van der Waals surface area contributed by atoms with E-state index in [0.29, 0.717) is 23.4 Å². The van der Waals surface area contributed by atoms with Gasteiger partial charge in [-0.15, -0.1) is 0 Å². The van der Waals surface area contributed by atoms with Crippen molar-refractivity contribution >= 4 is 18.0 Å². The van der Waals surface area contributed by atoms with Crippen LogP contribution in [0.1, 0.15) is 33.3 Å². The molecule has 0 saturated carbocycles. The molecule has 128 valence electrons. The number of hydrogen-bond donors (Lipinski definition) is 0. The van der Waals surface area contributed by atoms with Crippen molar-refractivity contribution in [3.63, 3.8) is 0 Å². The zero-order chi connectivity index (χ0) is 17.9. The Morgan fingerprint density at radius 1 is 1.29 bits per heavy atom. The number of halogens is 1. The summed E-state index contributed by atoms with van der Waals surface area (Å²) in [5, 5.41) is 0. The van der Waals surface area contributed by atoms with Gasteiger partial charge >= 0.3 is 5.97 Å². The molecular formula is C19H22FNO3. The van der Waals surface area contributed by atoms with E-state index in [1.165, 1.54) is 12.1 Å². The first kappa shape index (κ1) is 17.9. The van der Waals surface area contributed by atoms with Gasteiger partial charge in [-0.2, -0.15) is 0 Å². The molecule has 0 atom stereocenters. The Balaban J connectivity index is 2.48. The normalized spacial score (nSPS) is 16.5. The van der Waals surface area contributed by atoms with Crippen molar-refractivity contribution in [1.82, 2.24) is 4.90 Å². The minimum atomic E-state index is -0.511. The van der Waals surface area contributed by atoms with Crippen LogP contribution in [-0.2, 0) is 14.3 Å². The Kier molecular flexibility index (Phi) is 5.54. The van der Waals surface area contributed by atoms with E-state index < -0.39 is 5.97 Å². The van der Waals surface area contributed by atoms with E-state index in [9.17, 15) is 14.0 Å². The van der Waals surface area contributed by atoms with Gasteiger partial charge in [-0.1, -0.05) is 26.0 Å². The highest BCUT2D eigenvalue weighted by Crippen LogP contribution is 2.32. The van der Waals surface area contributed by atoms with E-state index >= 15 is 0 Å². The first-order chi connectivity index (χ1) is 11.3. The van der Waals surface area contributed by atoms with Gasteiger partial charge in [-0.3, -0.25) is 4.79 Å². The van der Waals surface area contributed by atoms with Crippen LogP contribution in [0.3, 0.4) is 0 Å². The zero-order valence-electron chi connectivity index (χ0n) is 14.4. The first-order valence-corrected chi connectivity index (χ1v) is 8.02. The predicted octanol–water partition coefficient (Wildman–Crippen LogP) is 3.54. The zero-order valence-corrected chi connectivity index (χ0v) is 14.4. The van der Waals surface area contributed by atoms with Gasteiger partial charge in [-0.05, 0) is 43.5 Å². The second kappa shape index (κ2) is 7.43. The second-order valence-electron chi connectivity index (χ2n) is 6.10. The average molecular weight is 331 g/mol. The summed E-state index contributed by atoms with van der Waals surface area (Å²) in [6.45, 7) is 8.24. The van der Waals surface area contributed by atoms with Gasteiger partial charge in [0.15, 0.2) is 0 Å². The number of hydrogen-bond acceptors (Lipinski definition) is 3. The number of carbonyl (C=O) groups is 2. The summed E-state index contributed by atoms with van der Waals surface area (Å²) >= 11 is 0. The molecule has 0 radical (unpaired) electrons. The Labute approximate surface area is 141 Å². The number of nitrogens with zero attached hydrogens (tertiary/aromatic N) is 1. The van der Waals surface area contributed by atoms with E-state index in [2.05, 4.69) is 0 Å². The molecule has 24 heavy (non-hydrogen) atoms. The Morgan fingerprint density at radius 2 is 1.92 bits per heavy atom. The molecule has 0 aromatic heterocycles. The highest BCUT2D eigenvalue weighted by molar-refractivity contribution is 6.16. The molecule has 5 heteroatoms. The molecule has 1 aromatic carbocycles. The third-order valence-corrected chi connectivity index (χ3v) is 3.72. The van der Waals surface area contributed by atoms with Gasteiger partial charge in [0.2, 0.25) is 0 Å².